The van der Waals surface area contributed by atoms with E-state index in [-0.39, 0.29) is 19.1 Å². The van der Waals surface area contributed by atoms with Gasteiger partial charge in [0.25, 0.3) is 0 Å². The zero-order chi connectivity index (χ0) is 51.3. The van der Waals surface area contributed by atoms with E-state index >= 15 is 0 Å². The highest BCUT2D eigenvalue weighted by molar-refractivity contribution is 7.47. The first kappa shape index (κ1) is 68.2. The zero-order valence-electron chi connectivity index (χ0n) is 46.8. The number of carbonyl (C=O) groups excluding carboxylic acids is 1. The summed E-state index contributed by atoms with van der Waals surface area (Å²) in [6.45, 7) is 4.79. The van der Waals surface area contributed by atoms with Crippen LogP contribution < -0.4 is 5.32 Å². The van der Waals surface area contributed by atoms with Crippen LogP contribution in [0, 0.1) is 0 Å². The second-order valence-electron chi connectivity index (χ2n) is 21.3. The van der Waals surface area contributed by atoms with Crippen LogP contribution in [0.25, 0.3) is 0 Å². The molecule has 0 fully saturated rings. The van der Waals surface area contributed by atoms with Crippen LogP contribution in [-0.4, -0.2) is 73.4 Å². The van der Waals surface area contributed by atoms with E-state index in [0.717, 1.165) is 51.4 Å². The summed E-state index contributed by atoms with van der Waals surface area (Å²) in [5.74, 6) is -0.189. The summed E-state index contributed by atoms with van der Waals surface area (Å²) in [6, 6.07) is -0.871. The first-order valence-electron chi connectivity index (χ1n) is 29.7. The summed E-state index contributed by atoms with van der Waals surface area (Å²) in [4.78, 5) is 23.3. The largest absolute Gasteiger partial charge is 0.472 e. The van der Waals surface area contributed by atoms with Gasteiger partial charge in [-0.2, -0.15) is 0 Å². The molecule has 3 N–H and O–H groups in total. The molecular formula is C61H116N2O6P+. The maximum Gasteiger partial charge on any atom is 0.472 e. The van der Waals surface area contributed by atoms with E-state index in [4.69, 9.17) is 9.05 Å². The second-order valence-corrected chi connectivity index (χ2v) is 22.8. The number of nitrogens with zero attached hydrogens (tertiary/aromatic N) is 1. The minimum absolute atomic E-state index is 0.0529. The van der Waals surface area contributed by atoms with Crippen molar-refractivity contribution in [1.82, 2.24) is 5.32 Å². The third-order valence-electron chi connectivity index (χ3n) is 13.2. The number of phosphoric acid groups is 1. The van der Waals surface area contributed by atoms with Gasteiger partial charge < -0.3 is 19.8 Å². The summed E-state index contributed by atoms with van der Waals surface area (Å²) in [5, 5.41) is 13.9. The number of amides is 1. The minimum Gasteiger partial charge on any atom is -0.387 e. The van der Waals surface area contributed by atoms with Gasteiger partial charge in [0, 0.05) is 6.42 Å². The number of carbonyl (C=O) groups is 1. The Morgan fingerprint density at radius 1 is 0.486 bits per heavy atom. The van der Waals surface area contributed by atoms with E-state index in [0.29, 0.717) is 17.4 Å². The summed E-state index contributed by atoms with van der Waals surface area (Å²) < 4.78 is 23.7. The van der Waals surface area contributed by atoms with Crippen molar-refractivity contribution in [3.8, 4) is 0 Å². The summed E-state index contributed by atoms with van der Waals surface area (Å²) >= 11 is 0. The summed E-state index contributed by atoms with van der Waals surface area (Å²) in [5.41, 5.74) is 0. The fraction of sp³-hybridized carbons (Fsp3) is 0.820. The number of likely N-dealkylation sites (N-methyl/N-ethyl adjacent to an activating group) is 1. The van der Waals surface area contributed by atoms with Crippen LogP contribution in [0.15, 0.2) is 60.8 Å². The third-order valence-corrected chi connectivity index (χ3v) is 14.2. The first-order valence-corrected chi connectivity index (χ1v) is 31.2. The highest BCUT2D eigenvalue weighted by Crippen LogP contribution is 2.43. The monoisotopic (exact) mass is 1000 g/mol. The fourth-order valence-corrected chi connectivity index (χ4v) is 9.25. The summed E-state index contributed by atoms with van der Waals surface area (Å²) in [6.07, 6.45) is 70.5. The fourth-order valence-electron chi connectivity index (χ4n) is 8.52. The average molecular weight is 1000 g/mol. The topological polar surface area (TPSA) is 105 Å². The van der Waals surface area contributed by atoms with Gasteiger partial charge in [0.1, 0.15) is 13.2 Å². The molecule has 0 aliphatic carbocycles. The first-order chi connectivity index (χ1) is 34.0. The molecule has 0 bridgehead atoms. The van der Waals surface area contributed by atoms with Crippen LogP contribution in [-0.2, 0) is 18.4 Å². The van der Waals surface area contributed by atoms with Gasteiger partial charge in [-0.3, -0.25) is 13.8 Å². The quantitative estimate of drug-likeness (QED) is 0.0243. The zero-order valence-corrected chi connectivity index (χ0v) is 47.7. The Morgan fingerprint density at radius 2 is 0.829 bits per heavy atom. The van der Waals surface area contributed by atoms with Crippen LogP contribution in [0.1, 0.15) is 271 Å². The van der Waals surface area contributed by atoms with Gasteiger partial charge in [0.2, 0.25) is 5.91 Å². The number of quaternary nitrogens is 1. The van der Waals surface area contributed by atoms with Crippen LogP contribution >= 0.6 is 7.82 Å². The molecule has 0 aromatic carbocycles. The number of aliphatic hydroxyl groups excluding tert-OH is 1. The lowest BCUT2D eigenvalue weighted by Crippen LogP contribution is -2.45. The van der Waals surface area contributed by atoms with Crippen molar-refractivity contribution < 1.29 is 32.9 Å². The lowest BCUT2D eigenvalue weighted by molar-refractivity contribution is -0.870. The highest BCUT2D eigenvalue weighted by Gasteiger charge is 2.27. The van der Waals surface area contributed by atoms with E-state index in [2.05, 4.69) is 67.8 Å². The minimum atomic E-state index is -4.36. The Kier molecular flexibility index (Phi) is 50.7. The molecular weight excluding hydrogens is 888 g/mol. The van der Waals surface area contributed by atoms with E-state index in [1.807, 2.05) is 27.2 Å². The Labute approximate surface area is 434 Å². The van der Waals surface area contributed by atoms with E-state index in [1.54, 1.807) is 6.08 Å². The highest BCUT2D eigenvalue weighted by atomic mass is 31.2. The van der Waals surface area contributed by atoms with Gasteiger partial charge in [-0.1, -0.05) is 248 Å². The van der Waals surface area contributed by atoms with Crippen molar-refractivity contribution in [3.05, 3.63) is 60.8 Å². The molecule has 0 spiro atoms. The molecule has 0 saturated heterocycles. The van der Waals surface area contributed by atoms with E-state index in [9.17, 15) is 19.4 Å². The normalized spacial score (nSPS) is 14.3. The Balaban J connectivity index is 4.19. The SMILES string of the molecule is CCCCCCC/C=C\C/C=C\CCCCCCCCCCCCCCCCCCCC(=O)NC(COP(=O)(O)OCC[N+](C)(C)C)C(O)/C=C/CC/C=C/CC/C=C/CCCCCCCCCCC. The van der Waals surface area contributed by atoms with Crippen molar-refractivity contribution in [2.75, 3.05) is 40.9 Å². The predicted octanol–water partition coefficient (Wildman–Crippen LogP) is 18.1. The van der Waals surface area contributed by atoms with Crippen molar-refractivity contribution in [2.24, 2.45) is 0 Å². The molecule has 0 saturated carbocycles. The lowest BCUT2D eigenvalue weighted by atomic mass is 10.0. The average Bonchev–Trinajstić information content (AvgIpc) is 3.32. The number of hydrogen-bond acceptors (Lipinski definition) is 5. The molecule has 1 amide bonds. The Bertz CT molecular complexity index is 1320. The van der Waals surface area contributed by atoms with Gasteiger partial charge in [-0.15, -0.1) is 0 Å². The molecule has 70 heavy (non-hydrogen) atoms. The molecule has 0 heterocycles. The molecule has 9 heteroatoms. The predicted molar refractivity (Wildman–Crippen MR) is 304 cm³/mol. The molecule has 0 aliphatic heterocycles. The molecule has 0 rings (SSSR count). The smallest absolute Gasteiger partial charge is 0.387 e. The molecule has 3 atom stereocenters. The van der Waals surface area contributed by atoms with Crippen LogP contribution in [0.3, 0.4) is 0 Å². The molecule has 410 valence electrons. The Hall–Kier alpha value is -1.80. The van der Waals surface area contributed by atoms with E-state index in [1.165, 1.54) is 199 Å². The van der Waals surface area contributed by atoms with Crippen LogP contribution in [0.2, 0.25) is 0 Å². The number of aliphatic hydroxyl groups is 1. The molecule has 8 nitrogen and oxygen atoms in total. The number of rotatable bonds is 54. The van der Waals surface area contributed by atoms with Gasteiger partial charge in [-0.05, 0) is 77.0 Å². The molecule has 0 aromatic rings. The molecule has 0 aromatic heterocycles. The van der Waals surface area contributed by atoms with Crippen LogP contribution in [0.4, 0.5) is 0 Å². The number of hydrogen-bond donors (Lipinski definition) is 3. The number of unbranched alkanes of at least 4 members (excludes halogenated alkanes) is 33. The van der Waals surface area contributed by atoms with Gasteiger partial charge >= 0.3 is 7.82 Å². The second kappa shape index (κ2) is 52.1. The van der Waals surface area contributed by atoms with Crippen LogP contribution in [0.5, 0.6) is 0 Å². The van der Waals surface area contributed by atoms with Crippen molar-refractivity contribution in [3.63, 3.8) is 0 Å². The van der Waals surface area contributed by atoms with Gasteiger partial charge in [0.05, 0.1) is 39.9 Å². The molecule has 0 radical (unpaired) electrons. The van der Waals surface area contributed by atoms with Gasteiger partial charge in [-0.25, -0.2) is 4.57 Å². The Morgan fingerprint density at radius 3 is 1.23 bits per heavy atom. The standard InChI is InChI=1S/C61H115N2O6P/c1-6-8-10-12-14-16-18-20-22-24-26-27-28-29-30-31-32-33-34-35-37-39-41-43-45-47-49-51-53-55-61(65)62-59(58-69-70(66,67)68-57-56-63(3,4)5)60(64)54-52-50-48-46-44-42-40-38-36-25-23-21-19-17-15-13-11-9-7-2/h18,20,24,26,36,38,44,46,52,54,59-60,64H,6-17,19,21-23,25,27-35,37,39-43,45,47-51,53,55-58H2,1-5H3,(H-,62,65,66,67)/p+1/b20-18-,26-24-,38-36+,46-44+,54-52+. The maximum absolute atomic E-state index is 13.0. The van der Waals surface area contributed by atoms with Crippen molar-refractivity contribution >= 4 is 13.7 Å². The lowest BCUT2D eigenvalue weighted by Gasteiger charge is -2.25. The summed E-state index contributed by atoms with van der Waals surface area (Å²) in [7, 11) is 1.55. The number of allylic oxidation sites excluding steroid dienone is 9. The number of nitrogens with one attached hydrogen (secondary N) is 1. The maximum atomic E-state index is 13.0. The van der Waals surface area contributed by atoms with E-state index < -0.39 is 20.0 Å². The number of phosphoric ester groups is 1. The molecule has 3 unspecified atom stereocenters. The van der Waals surface area contributed by atoms with Gasteiger partial charge in [0.15, 0.2) is 0 Å². The van der Waals surface area contributed by atoms with Crippen molar-refractivity contribution in [2.45, 2.75) is 283 Å². The third kappa shape index (κ3) is 54.0. The van der Waals surface area contributed by atoms with Crippen molar-refractivity contribution in [1.29, 1.82) is 0 Å². The molecule has 0 aliphatic rings.